The van der Waals surface area contributed by atoms with Crippen molar-refractivity contribution in [3.05, 3.63) is 59.1 Å². The van der Waals surface area contributed by atoms with Crippen LogP contribution < -0.4 is 4.74 Å². The molecule has 0 bridgehead atoms. The number of rotatable bonds is 4. The highest BCUT2D eigenvalue weighted by atomic mass is 35.5. The molecular weight excluding hydrogens is 303 g/mol. The molecule has 7 heteroatoms. The first-order valence-corrected chi connectivity index (χ1v) is 7.69. The minimum Gasteiger partial charge on any atom is -0.457 e. The second kappa shape index (κ2) is 5.95. The van der Waals surface area contributed by atoms with Gasteiger partial charge < -0.3 is 19.6 Å². The number of ether oxygens (including phenoxy) is 1. The van der Waals surface area contributed by atoms with E-state index >= 15 is 0 Å². The molecule has 2 aromatic rings. The second-order valence-corrected chi connectivity index (χ2v) is 6.20. The van der Waals surface area contributed by atoms with Gasteiger partial charge in [-0.25, -0.2) is 0 Å². The first-order valence-electron chi connectivity index (χ1n) is 5.63. The summed E-state index contributed by atoms with van der Waals surface area (Å²) in [5.74, 6) is -1.04. The third-order valence-corrected chi connectivity index (χ3v) is 3.68. The Kier molecular flexibility index (Phi) is 4.48. The highest BCUT2D eigenvalue weighted by Gasteiger charge is 2.28. The largest absolute Gasteiger partial charge is 0.457 e. The monoisotopic (exact) mass is 314 g/mol. The van der Waals surface area contributed by atoms with Gasteiger partial charge in [0.25, 0.3) is 0 Å². The number of aliphatic hydroxyl groups is 1. The van der Waals surface area contributed by atoms with Crippen LogP contribution in [0.2, 0.25) is 5.02 Å². The average molecular weight is 315 g/mol. The zero-order valence-electron chi connectivity index (χ0n) is 10.2. The lowest BCUT2D eigenvalue weighted by molar-refractivity contribution is 0.205. The Morgan fingerprint density at radius 3 is 2.25 bits per heavy atom. The average Bonchev–Trinajstić information content (AvgIpc) is 2.37. The molecule has 1 unspecified atom stereocenters. The molecule has 0 radical (unpaired) electrons. The van der Waals surface area contributed by atoms with Crippen LogP contribution >= 0.6 is 19.2 Å². The summed E-state index contributed by atoms with van der Waals surface area (Å²) in [6.45, 7) is 0. The maximum atomic E-state index is 11.0. The van der Waals surface area contributed by atoms with Crippen molar-refractivity contribution >= 4 is 19.2 Å². The normalized spacial score (nSPS) is 13.0. The van der Waals surface area contributed by atoms with Crippen LogP contribution in [0.25, 0.3) is 0 Å². The Bertz CT molecular complexity index is 655. The van der Waals surface area contributed by atoms with E-state index in [0.717, 1.165) is 0 Å². The van der Waals surface area contributed by atoms with E-state index in [1.54, 1.807) is 30.3 Å². The van der Waals surface area contributed by atoms with Gasteiger partial charge >= 0.3 is 7.60 Å². The molecule has 0 heterocycles. The lowest BCUT2D eigenvalue weighted by Gasteiger charge is -2.14. The summed E-state index contributed by atoms with van der Waals surface area (Å²) in [6.07, 6.45) is 0. The summed E-state index contributed by atoms with van der Waals surface area (Å²) in [6, 6.07) is 12.6. The predicted octanol–water partition coefficient (Wildman–Crippen LogP) is 3.30. The van der Waals surface area contributed by atoms with Gasteiger partial charge in [0.2, 0.25) is 0 Å². The van der Waals surface area contributed by atoms with Gasteiger partial charge in [-0.05, 0) is 35.9 Å². The highest BCUT2D eigenvalue weighted by molar-refractivity contribution is 7.51. The topological polar surface area (TPSA) is 87.0 Å². The molecule has 0 aliphatic rings. The zero-order valence-corrected chi connectivity index (χ0v) is 11.8. The summed E-state index contributed by atoms with van der Waals surface area (Å²) in [5.41, 5.74) is 0.0814. The third-order valence-electron chi connectivity index (χ3n) is 2.51. The standard InChI is InChI=1S/C13H12ClO5P/c14-10-4-2-6-12(8-10)19-11-5-1-3-9(7-11)13(15)20(16,17)18/h1-8,13,15H,(H2,16,17,18). The van der Waals surface area contributed by atoms with E-state index in [1.807, 2.05) is 0 Å². The lowest BCUT2D eigenvalue weighted by atomic mass is 10.2. The first-order chi connectivity index (χ1) is 9.36. The third kappa shape index (κ3) is 3.82. The molecular formula is C13H12ClO5P. The maximum absolute atomic E-state index is 11.0. The molecule has 106 valence electrons. The van der Waals surface area contributed by atoms with E-state index in [-0.39, 0.29) is 5.56 Å². The van der Waals surface area contributed by atoms with Crippen molar-refractivity contribution in [1.82, 2.24) is 0 Å². The Balaban J connectivity index is 2.24. The van der Waals surface area contributed by atoms with Crippen LogP contribution in [0.15, 0.2) is 48.5 Å². The summed E-state index contributed by atoms with van der Waals surface area (Å²) >= 11 is 5.83. The van der Waals surface area contributed by atoms with Crippen LogP contribution in [0.1, 0.15) is 11.4 Å². The predicted molar refractivity (Wildman–Crippen MR) is 75.0 cm³/mol. The summed E-state index contributed by atoms with van der Waals surface area (Å²) in [7, 11) is -4.61. The molecule has 2 aromatic carbocycles. The van der Waals surface area contributed by atoms with Crippen molar-refractivity contribution in [2.24, 2.45) is 0 Å². The molecule has 0 aliphatic carbocycles. The van der Waals surface area contributed by atoms with Crippen molar-refractivity contribution in [3.63, 3.8) is 0 Å². The van der Waals surface area contributed by atoms with Gasteiger partial charge in [0.1, 0.15) is 11.5 Å². The molecule has 0 fully saturated rings. The number of benzene rings is 2. The van der Waals surface area contributed by atoms with Crippen LogP contribution in [0.4, 0.5) is 0 Å². The van der Waals surface area contributed by atoms with E-state index in [9.17, 15) is 9.67 Å². The Hall–Kier alpha value is -1.36. The van der Waals surface area contributed by atoms with Gasteiger partial charge in [-0.2, -0.15) is 0 Å². The summed E-state index contributed by atoms with van der Waals surface area (Å²) in [5, 5.41) is 10.1. The van der Waals surface area contributed by atoms with E-state index in [0.29, 0.717) is 16.5 Å². The summed E-state index contributed by atoms with van der Waals surface area (Å²) < 4.78 is 16.5. The van der Waals surface area contributed by atoms with Gasteiger partial charge in [-0.3, -0.25) is 4.57 Å². The van der Waals surface area contributed by atoms with E-state index < -0.39 is 13.4 Å². The number of hydrogen-bond donors (Lipinski definition) is 3. The van der Waals surface area contributed by atoms with Crippen LogP contribution in [-0.4, -0.2) is 14.9 Å². The van der Waals surface area contributed by atoms with Gasteiger partial charge in [-0.15, -0.1) is 0 Å². The minimum absolute atomic E-state index is 0.0814. The van der Waals surface area contributed by atoms with E-state index in [1.165, 1.54) is 18.2 Å². The molecule has 0 saturated carbocycles. The maximum Gasteiger partial charge on any atom is 0.358 e. The first kappa shape index (κ1) is 15.0. The summed E-state index contributed by atoms with van der Waals surface area (Å²) in [4.78, 5) is 17.9. The van der Waals surface area contributed by atoms with Gasteiger partial charge in [0, 0.05) is 5.02 Å². The van der Waals surface area contributed by atoms with Crippen LogP contribution in [0, 0.1) is 0 Å². The number of halogens is 1. The smallest absolute Gasteiger partial charge is 0.358 e. The fourth-order valence-electron chi connectivity index (χ4n) is 1.60. The fraction of sp³-hybridized carbons (Fsp3) is 0.0769. The van der Waals surface area contributed by atoms with Crippen molar-refractivity contribution in [2.45, 2.75) is 5.85 Å². The fourth-order valence-corrected chi connectivity index (χ4v) is 2.33. The number of hydrogen-bond acceptors (Lipinski definition) is 3. The molecule has 0 aliphatic heterocycles. The molecule has 0 saturated heterocycles. The van der Waals surface area contributed by atoms with Crippen molar-refractivity contribution in [1.29, 1.82) is 0 Å². The van der Waals surface area contributed by atoms with E-state index in [2.05, 4.69) is 0 Å². The van der Waals surface area contributed by atoms with Crippen LogP contribution in [0.3, 0.4) is 0 Å². The quantitative estimate of drug-likeness (QED) is 0.754. The lowest BCUT2D eigenvalue weighted by Crippen LogP contribution is -1.98. The SMILES string of the molecule is O=P(O)(O)C(O)c1cccc(Oc2cccc(Cl)c2)c1. The highest BCUT2D eigenvalue weighted by Crippen LogP contribution is 2.50. The second-order valence-electron chi connectivity index (χ2n) is 4.09. The number of aliphatic hydroxyl groups excluding tert-OH is 1. The molecule has 0 amide bonds. The van der Waals surface area contributed by atoms with E-state index in [4.69, 9.17) is 26.1 Å². The van der Waals surface area contributed by atoms with Crippen molar-refractivity contribution in [2.75, 3.05) is 0 Å². The Morgan fingerprint density at radius 2 is 1.65 bits per heavy atom. The van der Waals surface area contributed by atoms with Crippen molar-refractivity contribution < 1.29 is 24.2 Å². The van der Waals surface area contributed by atoms with Gasteiger partial charge in [-0.1, -0.05) is 29.8 Å². The molecule has 0 spiro atoms. The Labute approximate surface area is 120 Å². The Morgan fingerprint density at radius 1 is 1.05 bits per heavy atom. The molecule has 5 nitrogen and oxygen atoms in total. The van der Waals surface area contributed by atoms with Gasteiger partial charge in [0.15, 0.2) is 5.85 Å². The molecule has 20 heavy (non-hydrogen) atoms. The van der Waals surface area contributed by atoms with Crippen LogP contribution in [0.5, 0.6) is 11.5 Å². The molecule has 3 N–H and O–H groups in total. The zero-order chi connectivity index (χ0) is 14.8. The molecule has 1 atom stereocenters. The molecule has 0 aromatic heterocycles. The van der Waals surface area contributed by atoms with Crippen molar-refractivity contribution in [3.8, 4) is 11.5 Å². The molecule has 2 rings (SSSR count). The van der Waals surface area contributed by atoms with Gasteiger partial charge in [0.05, 0.1) is 0 Å². The van der Waals surface area contributed by atoms with Crippen LogP contribution in [-0.2, 0) is 4.57 Å². The minimum atomic E-state index is -4.61.